The standard InChI is InChI=1S/C12H19N5/c1-4-17(7-5-6-13)11-8-10(14)15-12(16-11)9(2)3/h8-9H,4-5,7H2,1-3H3,(H2,14,15,16). The molecule has 0 unspecified atom stereocenters. The van der Waals surface area contributed by atoms with Gasteiger partial charge < -0.3 is 10.6 Å². The van der Waals surface area contributed by atoms with Crippen molar-refractivity contribution in [3.63, 3.8) is 0 Å². The maximum atomic E-state index is 8.62. The van der Waals surface area contributed by atoms with E-state index in [0.29, 0.717) is 18.8 Å². The predicted molar refractivity (Wildman–Crippen MR) is 68.7 cm³/mol. The molecule has 0 saturated carbocycles. The van der Waals surface area contributed by atoms with Crippen LogP contribution in [0.2, 0.25) is 0 Å². The summed E-state index contributed by atoms with van der Waals surface area (Å²) < 4.78 is 0. The molecule has 0 aliphatic carbocycles. The van der Waals surface area contributed by atoms with Crippen LogP contribution >= 0.6 is 0 Å². The third-order valence-electron chi connectivity index (χ3n) is 2.47. The first-order chi connectivity index (χ1) is 8.08. The van der Waals surface area contributed by atoms with E-state index in [-0.39, 0.29) is 5.92 Å². The van der Waals surface area contributed by atoms with E-state index in [1.165, 1.54) is 0 Å². The van der Waals surface area contributed by atoms with Gasteiger partial charge in [0.15, 0.2) is 0 Å². The topological polar surface area (TPSA) is 78.8 Å². The highest BCUT2D eigenvalue weighted by atomic mass is 15.2. The van der Waals surface area contributed by atoms with Gasteiger partial charge in [-0.2, -0.15) is 5.26 Å². The molecule has 0 radical (unpaired) electrons. The van der Waals surface area contributed by atoms with Gasteiger partial charge in [0, 0.05) is 25.1 Å². The van der Waals surface area contributed by atoms with Crippen LogP contribution in [-0.4, -0.2) is 23.1 Å². The Morgan fingerprint density at radius 3 is 2.71 bits per heavy atom. The van der Waals surface area contributed by atoms with Crippen molar-refractivity contribution >= 4 is 11.6 Å². The third-order valence-corrected chi connectivity index (χ3v) is 2.47. The molecule has 0 aliphatic rings. The Kier molecular flexibility index (Phi) is 4.70. The molecule has 0 aromatic carbocycles. The number of rotatable bonds is 5. The molecule has 5 heteroatoms. The third kappa shape index (κ3) is 3.59. The van der Waals surface area contributed by atoms with E-state index in [0.717, 1.165) is 18.2 Å². The maximum absolute atomic E-state index is 8.62. The highest BCUT2D eigenvalue weighted by molar-refractivity contribution is 5.47. The molecule has 1 heterocycles. The molecule has 0 atom stereocenters. The smallest absolute Gasteiger partial charge is 0.135 e. The zero-order chi connectivity index (χ0) is 12.8. The zero-order valence-corrected chi connectivity index (χ0v) is 10.6. The molecule has 2 N–H and O–H groups in total. The second kappa shape index (κ2) is 6.04. The van der Waals surface area contributed by atoms with Gasteiger partial charge in [-0.05, 0) is 6.92 Å². The van der Waals surface area contributed by atoms with Crippen molar-refractivity contribution in [3.8, 4) is 6.07 Å². The lowest BCUT2D eigenvalue weighted by Crippen LogP contribution is -2.25. The summed E-state index contributed by atoms with van der Waals surface area (Å²) in [6.07, 6.45) is 0.481. The quantitative estimate of drug-likeness (QED) is 0.840. The van der Waals surface area contributed by atoms with Crippen molar-refractivity contribution in [1.29, 1.82) is 5.26 Å². The maximum Gasteiger partial charge on any atom is 0.135 e. The lowest BCUT2D eigenvalue weighted by atomic mass is 10.2. The summed E-state index contributed by atoms with van der Waals surface area (Å²) in [5.74, 6) is 2.27. The normalized spacial score (nSPS) is 10.3. The van der Waals surface area contributed by atoms with Crippen molar-refractivity contribution < 1.29 is 0 Å². The fourth-order valence-corrected chi connectivity index (χ4v) is 1.51. The second-order valence-corrected chi connectivity index (χ2v) is 4.15. The van der Waals surface area contributed by atoms with Crippen LogP contribution in [0, 0.1) is 11.3 Å². The minimum atomic E-state index is 0.243. The summed E-state index contributed by atoms with van der Waals surface area (Å²) >= 11 is 0. The first kappa shape index (κ1) is 13.2. The van der Waals surface area contributed by atoms with Crippen LogP contribution in [0.5, 0.6) is 0 Å². The lowest BCUT2D eigenvalue weighted by molar-refractivity contribution is 0.751. The number of nitrogens with two attached hydrogens (primary N) is 1. The van der Waals surface area contributed by atoms with Gasteiger partial charge in [-0.3, -0.25) is 0 Å². The molecule has 0 aliphatic heterocycles. The van der Waals surface area contributed by atoms with Crippen molar-refractivity contribution in [2.75, 3.05) is 23.7 Å². The molecule has 0 amide bonds. The molecule has 17 heavy (non-hydrogen) atoms. The summed E-state index contributed by atoms with van der Waals surface area (Å²) in [5.41, 5.74) is 5.78. The molecule has 0 spiro atoms. The fourth-order valence-electron chi connectivity index (χ4n) is 1.51. The van der Waals surface area contributed by atoms with Crippen LogP contribution in [0.15, 0.2) is 6.07 Å². The van der Waals surface area contributed by atoms with Crippen LogP contribution in [0.3, 0.4) is 0 Å². The van der Waals surface area contributed by atoms with E-state index in [9.17, 15) is 0 Å². The molecule has 1 rings (SSSR count). The molecule has 0 saturated heterocycles. The van der Waals surface area contributed by atoms with E-state index < -0.39 is 0 Å². The van der Waals surface area contributed by atoms with E-state index in [1.807, 2.05) is 25.7 Å². The van der Waals surface area contributed by atoms with Gasteiger partial charge in [0.05, 0.1) is 12.5 Å². The van der Waals surface area contributed by atoms with Crippen molar-refractivity contribution in [1.82, 2.24) is 9.97 Å². The summed E-state index contributed by atoms with van der Waals surface area (Å²) in [6.45, 7) is 7.57. The monoisotopic (exact) mass is 233 g/mol. The Balaban J connectivity index is 2.98. The van der Waals surface area contributed by atoms with Crippen LogP contribution in [-0.2, 0) is 0 Å². The number of nitriles is 1. The summed E-state index contributed by atoms with van der Waals surface area (Å²) in [5, 5.41) is 8.62. The Morgan fingerprint density at radius 1 is 1.47 bits per heavy atom. The SMILES string of the molecule is CCN(CCC#N)c1cc(N)nc(C(C)C)n1. The average Bonchev–Trinajstić information content (AvgIpc) is 2.29. The molecule has 5 nitrogen and oxygen atoms in total. The van der Waals surface area contributed by atoms with Crippen molar-refractivity contribution in [3.05, 3.63) is 11.9 Å². The van der Waals surface area contributed by atoms with Gasteiger partial charge in [0.2, 0.25) is 0 Å². The van der Waals surface area contributed by atoms with E-state index >= 15 is 0 Å². The Morgan fingerprint density at radius 2 is 2.18 bits per heavy atom. The van der Waals surface area contributed by atoms with Crippen LogP contribution < -0.4 is 10.6 Å². The minimum Gasteiger partial charge on any atom is -0.384 e. The molecule has 92 valence electrons. The molecular weight excluding hydrogens is 214 g/mol. The first-order valence-corrected chi connectivity index (χ1v) is 5.84. The molecule has 0 bridgehead atoms. The number of hydrogen-bond acceptors (Lipinski definition) is 5. The molecule has 1 aromatic rings. The highest BCUT2D eigenvalue weighted by Gasteiger charge is 2.11. The first-order valence-electron chi connectivity index (χ1n) is 5.84. The summed E-state index contributed by atoms with van der Waals surface area (Å²) in [6, 6.07) is 3.89. The van der Waals surface area contributed by atoms with Gasteiger partial charge in [-0.1, -0.05) is 13.8 Å². The Bertz CT molecular complexity index is 408. The largest absolute Gasteiger partial charge is 0.384 e. The fraction of sp³-hybridized carbons (Fsp3) is 0.583. The molecule has 1 aromatic heterocycles. The van der Waals surface area contributed by atoms with Gasteiger partial charge in [-0.25, -0.2) is 9.97 Å². The van der Waals surface area contributed by atoms with Crippen molar-refractivity contribution in [2.24, 2.45) is 0 Å². The number of hydrogen-bond donors (Lipinski definition) is 1. The van der Waals surface area contributed by atoms with Gasteiger partial charge in [0.1, 0.15) is 17.5 Å². The van der Waals surface area contributed by atoms with Gasteiger partial charge >= 0.3 is 0 Å². The highest BCUT2D eigenvalue weighted by Crippen LogP contribution is 2.18. The zero-order valence-electron chi connectivity index (χ0n) is 10.6. The predicted octanol–water partition coefficient (Wildman–Crippen LogP) is 1.92. The van der Waals surface area contributed by atoms with Crippen LogP contribution in [0.25, 0.3) is 0 Å². The van der Waals surface area contributed by atoms with E-state index in [1.54, 1.807) is 6.07 Å². The molecular formula is C12H19N5. The average molecular weight is 233 g/mol. The Hall–Kier alpha value is -1.83. The lowest BCUT2D eigenvalue weighted by Gasteiger charge is -2.21. The van der Waals surface area contributed by atoms with Crippen LogP contribution in [0.1, 0.15) is 38.9 Å². The number of anilines is 2. The summed E-state index contributed by atoms with van der Waals surface area (Å²) in [7, 11) is 0. The van der Waals surface area contributed by atoms with Gasteiger partial charge in [-0.15, -0.1) is 0 Å². The Labute approximate surface area is 102 Å². The minimum absolute atomic E-state index is 0.243. The van der Waals surface area contributed by atoms with Crippen molar-refractivity contribution in [2.45, 2.75) is 33.1 Å². The number of nitrogen functional groups attached to an aromatic ring is 1. The van der Waals surface area contributed by atoms with Gasteiger partial charge in [0.25, 0.3) is 0 Å². The second-order valence-electron chi connectivity index (χ2n) is 4.15. The van der Waals surface area contributed by atoms with Crippen LogP contribution in [0.4, 0.5) is 11.6 Å². The summed E-state index contributed by atoms with van der Waals surface area (Å²) in [4.78, 5) is 10.7. The number of aromatic nitrogens is 2. The van der Waals surface area contributed by atoms with E-state index in [4.69, 9.17) is 11.0 Å². The number of nitrogens with zero attached hydrogens (tertiary/aromatic N) is 4. The van der Waals surface area contributed by atoms with E-state index in [2.05, 4.69) is 16.0 Å². The molecule has 0 fully saturated rings.